The number of hydrogen-bond acceptors (Lipinski definition) is 2. The van der Waals surface area contributed by atoms with Gasteiger partial charge in [-0.15, -0.1) is 0 Å². The fraction of sp³-hybridized carbons (Fsp3) is 0.267. The van der Waals surface area contributed by atoms with Crippen LogP contribution in [0.4, 0.5) is 4.39 Å². The molecule has 0 radical (unpaired) electrons. The molecular weight excluding hydrogens is 243 g/mol. The fourth-order valence-corrected chi connectivity index (χ4v) is 1.92. The molecule has 4 heteroatoms. The van der Waals surface area contributed by atoms with Gasteiger partial charge in [0.05, 0.1) is 0 Å². The van der Waals surface area contributed by atoms with E-state index in [2.05, 4.69) is 5.32 Å². The minimum Gasteiger partial charge on any atom is -0.314 e. The second-order valence-corrected chi connectivity index (χ2v) is 4.46. The Labute approximate surface area is 111 Å². The second kappa shape index (κ2) is 6.29. The van der Waals surface area contributed by atoms with Crippen molar-refractivity contribution < 1.29 is 4.39 Å². The van der Waals surface area contributed by atoms with Gasteiger partial charge in [0, 0.05) is 31.4 Å². The van der Waals surface area contributed by atoms with Crippen molar-refractivity contribution >= 4 is 0 Å². The Kier molecular flexibility index (Phi) is 4.47. The zero-order valence-corrected chi connectivity index (χ0v) is 10.8. The largest absolute Gasteiger partial charge is 0.314 e. The Morgan fingerprint density at radius 3 is 2.63 bits per heavy atom. The van der Waals surface area contributed by atoms with E-state index in [1.807, 2.05) is 13.0 Å². The molecule has 1 heterocycles. The summed E-state index contributed by atoms with van der Waals surface area (Å²) >= 11 is 0. The lowest BCUT2D eigenvalue weighted by atomic mass is 10.1. The van der Waals surface area contributed by atoms with E-state index in [0.29, 0.717) is 13.1 Å². The van der Waals surface area contributed by atoms with Crippen LogP contribution in [0.2, 0.25) is 0 Å². The van der Waals surface area contributed by atoms with Crippen LogP contribution in [0.15, 0.2) is 53.5 Å². The normalized spacial score (nSPS) is 12.3. The molecule has 0 aliphatic heterocycles. The first-order valence-corrected chi connectivity index (χ1v) is 6.31. The number of nitrogens with one attached hydrogen (secondary N) is 1. The molecule has 1 aromatic heterocycles. The lowest BCUT2D eigenvalue weighted by Crippen LogP contribution is -2.27. The van der Waals surface area contributed by atoms with E-state index in [1.165, 1.54) is 12.1 Å². The molecule has 2 rings (SSSR count). The maximum absolute atomic E-state index is 12.8. The van der Waals surface area contributed by atoms with E-state index in [9.17, 15) is 9.18 Å². The van der Waals surface area contributed by atoms with E-state index in [-0.39, 0.29) is 17.4 Å². The highest BCUT2D eigenvalue weighted by Gasteiger charge is 2.04. The molecule has 0 saturated heterocycles. The van der Waals surface area contributed by atoms with Crippen molar-refractivity contribution in [1.29, 1.82) is 0 Å². The molecule has 0 unspecified atom stereocenters. The van der Waals surface area contributed by atoms with Crippen molar-refractivity contribution in [3.8, 4) is 0 Å². The Morgan fingerprint density at radius 1 is 1.21 bits per heavy atom. The molecule has 1 aromatic carbocycles. The topological polar surface area (TPSA) is 34.0 Å². The number of pyridine rings is 1. The van der Waals surface area contributed by atoms with Gasteiger partial charge in [0.1, 0.15) is 5.82 Å². The van der Waals surface area contributed by atoms with Crippen LogP contribution < -0.4 is 10.9 Å². The molecule has 0 bridgehead atoms. The lowest BCUT2D eigenvalue weighted by molar-refractivity contribution is 0.523. The molecule has 0 fully saturated rings. The third-order valence-electron chi connectivity index (χ3n) is 3.07. The highest BCUT2D eigenvalue weighted by molar-refractivity contribution is 5.19. The van der Waals surface area contributed by atoms with Gasteiger partial charge in [0.15, 0.2) is 0 Å². The summed E-state index contributed by atoms with van der Waals surface area (Å²) in [4.78, 5) is 11.5. The molecule has 0 saturated carbocycles. The minimum absolute atomic E-state index is 0.00117. The van der Waals surface area contributed by atoms with Crippen molar-refractivity contribution in [1.82, 2.24) is 9.88 Å². The molecule has 0 amide bonds. The monoisotopic (exact) mass is 260 g/mol. The zero-order chi connectivity index (χ0) is 13.7. The van der Waals surface area contributed by atoms with Gasteiger partial charge in [-0.2, -0.15) is 0 Å². The summed E-state index contributed by atoms with van der Waals surface area (Å²) in [6.45, 7) is 3.31. The fourth-order valence-electron chi connectivity index (χ4n) is 1.92. The molecular formula is C15H17FN2O. The first-order valence-electron chi connectivity index (χ1n) is 6.31. The van der Waals surface area contributed by atoms with Gasteiger partial charge in [-0.05, 0) is 30.7 Å². The number of aromatic nitrogens is 1. The van der Waals surface area contributed by atoms with Crippen LogP contribution in [-0.2, 0) is 6.54 Å². The molecule has 19 heavy (non-hydrogen) atoms. The summed E-state index contributed by atoms with van der Waals surface area (Å²) in [6, 6.07) is 11.7. The quantitative estimate of drug-likeness (QED) is 0.895. The van der Waals surface area contributed by atoms with Gasteiger partial charge in [-0.1, -0.05) is 18.2 Å². The van der Waals surface area contributed by atoms with Gasteiger partial charge in [0.25, 0.3) is 5.56 Å². The summed E-state index contributed by atoms with van der Waals surface area (Å²) in [5.41, 5.74) is 1.03. The Hall–Kier alpha value is -1.94. The van der Waals surface area contributed by atoms with Crippen LogP contribution >= 0.6 is 0 Å². The third kappa shape index (κ3) is 3.76. The highest BCUT2D eigenvalue weighted by Crippen LogP contribution is 2.12. The number of benzene rings is 1. The van der Waals surface area contributed by atoms with Crippen LogP contribution in [0.25, 0.3) is 0 Å². The van der Waals surface area contributed by atoms with E-state index in [0.717, 1.165) is 5.56 Å². The second-order valence-electron chi connectivity index (χ2n) is 4.46. The van der Waals surface area contributed by atoms with Gasteiger partial charge in [-0.3, -0.25) is 4.79 Å². The van der Waals surface area contributed by atoms with Crippen LogP contribution in [-0.4, -0.2) is 11.1 Å². The Bertz CT molecular complexity index is 577. The molecule has 0 aliphatic rings. The first kappa shape index (κ1) is 13.5. The number of hydrogen-bond donors (Lipinski definition) is 1. The highest BCUT2D eigenvalue weighted by atomic mass is 19.1. The Balaban J connectivity index is 1.87. The standard InChI is InChI=1S/C15H17FN2O/c1-12(13-5-7-14(16)8-6-13)17-9-11-18-10-3-2-4-15(18)19/h2-8,10,12,17H,9,11H2,1H3/t12-/m0/s1. The summed E-state index contributed by atoms with van der Waals surface area (Å²) in [5, 5.41) is 3.31. The maximum Gasteiger partial charge on any atom is 0.250 e. The van der Waals surface area contributed by atoms with Crippen LogP contribution in [0, 0.1) is 5.82 Å². The van der Waals surface area contributed by atoms with Gasteiger partial charge in [-0.25, -0.2) is 4.39 Å². The predicted octanol–water partition coefficient (Wildman–Crippen LogP) is 2.34. The Morgan fingerprint density at radius 2 is 1.95 bits per heavy atom. The average molecular weight is 260 g/mol. The average Bonchev–Trinajstić information content (AvgIpc) is 2.41. The SMILES string of the molecule is C[C@H](NCCn1ccccc1=O)c1ccc(F)cc1. The molecule has 2 aromatic rings. The number of halogens is 1. The lowest BCUT2D eigenvalue weighted by Gasteiger charge is -2.14. The van der Waals surface area contributed by atoms with Crippen molar-refractivity contribution in [2.24, 2.45) is 0 Å². The smallest absolute Gasteiger partial charge is 0.250 e. The van der Waals surface area contributed by atoms with E-state index in [4.69, 9.17) is 0 Å². The summed E-state index contributed by atoms with van der Waals surface area (Å²) in [6.07, 6.45) is 1.77. The molecule has 3 nitrogen and oxygen atoms in total. The summed E-state index contributed by atoms with van der Waals surface area (Å²) < 4.78 is 14.5. The van der Waals surface area contributed by atoms with Gasteiger partial charge < -0.3 is 9.88 Å². The van der Waals surface area contributed by atoms with Crippen LogP contribution in [0.3, 0.4) is 0 Å². The first-order chi connectivity index (χ1) is 9.16. The van der Waals surface area contributed by atoms with Crippen molar-refractivity contribution in [3.63, 3.8) is 0 Å². The van der Waals surface area contributed by atoms with Crippen molar-refractivity contribution in [2.75, 3.05) is 6.54 Å². The van der Waals surface area contributed by atoms with Crippen LogP contribution in [0.1, 0.15) is 18.5 Å². The third-order valence-corrected chi connectivity index (χ3v) is 3.07. The molecule has 0 spiro atoms. The van der Waals surface area contributed by atoms with E-state index < -0.39 is 0 Å². The molecule has 1 N–H and O–H groups in total. The molecule has 0 aliphatic carbocycles. The van der Waals surface area contributed by atoms with Crippen molar-refractivity contribution in [2.45, 2.75) is 19.5 Å². The number of nitrogens with zero attached hydrogens (tertiary/aromatic N) is 1. The molecule has 100 valence electrons. The maximum atomic E-state index is 12.8. The van der Waals surface area contributed by atoms with Crippen LogP contribution in [0.5, 0.6) is 0 Å². The summed E-state index contributed by atoms with van der Waals surface area (Å²) in [5.74, 6) is -0.230. The molecule has 1 atom stereocenters. The van der Waals surface area contributed by atoms with E-state index >= 15 is 0 Å². The zero-order valence-electron chi connectivity index (χ0n) is 10.8. The predicted molar refractivity (Wildman–Crippen MR) is 73.5 cm³/mol. The van der Waals surface area contributed by atoms with Gasteiger partial charge in [0.2, 0.25) is 0 Å². The minimum atomic E-state index is -0.230. The van der Waals surface area contributed by atoms with Crippen molar-refractivity contribution in [3.05, 3.63) is 70.4 Å². The van der Waals surface area contributed by atoms with E-state index in [1.54, 1.807) is 35.0 Å². The van der Waals surface area contributed by atoms with Gasteiger partial charge >= 0.3 is 0 Å². The number of rotatable bonds is 5. The summed E-state index contributed by atoms with van der Waals surface area (Å²) in [7, 11) is 0.